The highest BCUT2D eigenvalue weighted by Crippen LogP contribution is 2.29. The van der Waals surface area contributed by atoms with Crippen molar-refractivity contribution < 1.29 is 22.8 Å². The molecule has 2 amide bonds. The number of carbonyl (C=O) groups excluding carboxylic acids is 2. The largest absolute Gasteiger partial charge is 0.416 e. The molecule has 0 aromatic heterocycles. The maximum atomic E-state index is 12.5. The Morgan fingerprint density at radius 3 is 2.11 bits per heavy atom. The highest BCUT2D eigenvalue weighted by molar-refractivity contribution is 8.00. The van der Waals surface area contributed by atoms with Gasteiger partial charge in [0.05, 0.1) is 17.1 Å². The van der Waals surface area contributed by atoms with Gasteiger partial charge in [0.15, 0.2) is 0 Å². The van der Waals surface area contributed by atoms with Gasteiger partial charge in [-0.05, 0) is 36.8 Å². The van der Waals surface area contributed by atoms with Gasteiger partial charge in [-0.25, -0.2) is 0 Å². The van der Waals surface area contributed by atoms with Crippen molar-refractivity contribution in [1.29, 1.82) is 0 Å². The molecular formula is C19H19F3N2O2S. The molecule has 0 radical (unpaired) electrons. The van der Waals surface area contributed by atoms with Gasteiger partial charge in [-0.2, -0.15) is 13.2 Å². The van der Waals surface area contributed by atoms with Crippen LogP contribution in [0.2, 0.25) is 0 Å². The molecule has 0 aliphatic rings. The molecule has 0 aliphatic heterocycles. The summed E-state index contributed by atoms with van der Waals surface area (Å²) in [6.07, 6.45) is -4.38. The lowest BCUT2D eigenvalue weighted by Crippen LogP contribution is -2.25. The molecular weight excluding hydrogens is 377 g/mol. The van der Waals surface area contributed by atoms with E-state index in [1.54, 1.807) is 12.1 Å². The number of benzene rings is 2. The minimum absolute atomic E-state index is 0.0853. The number of nitrogens with one attached hydrogen (secondary N) is 2. The summed E-state index contributed by atoms with van der Waals surface area (Å²) in [5.74, 6) is -0.286. The van der Waals surface area contributed by atoms with Gasteiger partial charge in [-0.1, -0.05) is 29.8 Å². The van der Waals surface area contributed by atoms with Crippen LogP contribution in [-0.2, 0) is 22.3 Å². The van der Waals surface area contributed by atoms with Crippen LogP contribution in [0.25, 0.3) is 0 Å². The maximum Gasteiger partial charge on any atom is 0.416 e. The molecule has 0 heterocycles. The van der Waals surface area contributed by atoms with Gasteiger partial charge in [0.2, 0.25) is 11.8 Å². The fourth-order valence-electron chi connectivity index (χ4n) is 2.13. The molecule has 0 spiro atoms. The van der Waals surface area contributed by atoms with Gasteiger partial charge in [0, 0.05) is 12.2 Å². The van der Waals surface area contributed by atoms with Crippen LogP contribution in [0.4, 0.5) is 18.9 Å². The Kier molecular flexibility index (Phi) is 7.29. The lowest BCUT2D eigenvalue weighted by Gasteiger charge is -2.09. The van der Waals surface area contributed by atoms with Gasteiger partial charge >= 0.3 is 6.18 Å². The normalized spacial score (nSPS) is 11.1. The SMILES string of the molecule is Cc1ccc(NC(=O)CSCC(=O)NCc2ccc(C(F)(F)F)cc2)cc1. The van der Waals surface area contributed by atoms with Gasteiger partial charge in [-0.3, -0.25) is 9.59 Å². The molecule has 0 bridgehead atoms. The van der Waals surface area contributed by atoms with Gasteiger partial charge in [-0.15, -0.1) is 11.8 Å². The number of rotatable bonds is 7. The second-order valence-corrected chi connectivity index (χ2v) is 6.86. The number of amides is 2. The van der Waals surface area contributed by atoms with E-state index >= 15 is 0 Å². The summed E-state index contributed by atoms with van der Waals surface area (Å²) in [6, 6.07) is 12.0. The second-order valence-electron chi connectivity index (χ2n) is 5.88. The van der Waals surface area contributed by atoms with Crippen LogP contribution in [0.3, 0.4) is 0 Å². The number of alkyl halides is 3. The number of hydrogen-bond acceptors (Lipinski definition) is 3. The van der Waals surface area contributed by atoms with E-state index in [2.05, 4.69) is 10.6 Å². The van der Waals surface area contributed by atoms with Crippen molar-refractivity contribution in [1.82, 2.24) is 5.32 Å². The second kappa shape index (κ2) is 9.45. The Balaban J connectivity index is 1.67. The highest BCUT2D eigenvalue weighted by atomic mass is 32.2. The number of halogens is 3. The molecule has 4 nitrogen and oxygen atoms in total. The average Bonchev–Trinajstić information content (AvgIpc) is 2.61. The quantitative estimate of drug-likeness (QED) is 0.744. The third-order valence-corrected chi connectivity index (χ3v) is 4.51. The van der Waals surface area contributed by atoms with E-state index in [4.69, 9.17) is 0 Å². The van der Waals surface area contributed by atoms with Gasteiger partial charge < -0.3 is 10.6 Å². The number of carbonyl (C=O) groups is 2. The van der Waals surface area contributed by atoms with Crippen molar-refractivity contribution in [2.45, 2.75) is 19.6 Å². The molecule has 0 atom stereocenters. The summed E-state index contributed by atoms with van der Waals surface area (Å²) in [5, 5.41) is 5.35. The van der Waals surface area contributed by atoms with E-state index < -0.39 is 11.7 Å². The molecule has 2 N–H and O–H groups in total. The van der Waals surface area contributed by atoms with E-state index in [0.717, 1.165) is 29.5 Å². The number of thioether (sulfide) groups is 1. The van der Waals surface area contributed by atoms with Gasteiger partial charge in [0.25, 0.3) is 0 Å². The standard InChI is InChI=1S/C19H19F3N2O2S/c1-13-2-8-16(9-3-13)24-18(26)12-27-11-17(25)23-10-14-4-6-15(7-5-14)19(20,21)22/h2-9H,10-12H2,1H3,(H,23,25)(H,24,26). The Hall–Kier alpha value is -2.48. The van der Waals surface area contributed by atoms with Crippen LogP contribution < -0.4 is 10.6 Å². The van der Waals surface area contributed by atoms with Crippen molar-refractivity contribution >= 4 is 29.3 Å². The minimum atomic E-state index is -4.38. The fourth-order valence-corrected chi connectivity index (χ4v) is 2.78. The summed E-state index contributed by atoms with van der Waals surface area (Å²) in [5.41, 5.74) is 1.62. The number of hydrogen-bond donors (Lipinski definition) is 2. The van der Waals surface area contributed by atoms with Crippen molar-refractivity contribution in [2.24, 2.45) is 0 Å². The average molecular weight is 396 g/mol. The van der Waals surface area contributed by atoms with E-state index in [-0.39, 0.29) is 29.9 Å². The van der Waals surface area contributed by atoms with E-state index in [1.165, 1.54) is 12.1 Å². The van der Waals surface area contributed by atoms with Crippen LogP contribution >= 0.6 is 11.8 Å². The van der Waals surface area contributed by atoms with E-state index in [0.29, 0.717) is 11.3 Å². The highest BCUT2D eigenvalue weighted by Gasteiger charge is 2.29. The molecule has 0 unspecified atom stereocenters. The first-order chi connectivity index (χ1) is 12.7. The molecule has 144 valence electrons. The molecule has 0 aliphatic carbocycles. The molecule has 0 fully saturated rings. The lowest BCUT2D eigenvalue weighted by atomic mass is 10.1. The summed E-state index contributed by atoms with van der Waals surface area (Å²) >= 11 is 1.16. The monoisotopic (exact) mass is 396 g/mol. The first-order valence-corrected chi connectivity index (χ1v) is 9.26. The predicted molar refractivity (Wildman–Crippen MR) is 100 cm³/mol. The lowest BCUT2D eigenvalue weighted by molar-refractivity contribution is -0.137. The molecule has 27 heavy (non-hydrogen) atoms. The Morgan fingerprint density at radius 1 is 0.926 bits per heavy atom. The third-order valence-electron chi connectivity index (χ3n) is 3.57. The Labute approximate surface area is 159 Å². The topological polar surface area (TPSA) is 58.2 Å². The van der Waals surface area contributed by atoms with E-state index in [1.807, 2.05) is 19.1 Å². The van der Waals surface area contributed by atoms with Crippen LogP contribution in [0.1, 0.15) is 16.7 Å². The minimum Gasteiger partial charge on any atom is -0.351 e. The van der Waals surface area contributed by atoms with E-state index in [9.17, 15) is 22.8 Å². The molecule has 0 saturated carbocycles. The molecule has 2 aromatic rings. The Morgan fingerprint density at radius 2 is 1.52 bits per heavy atom. The summed E-state index contributed by atoms with van der Waals surface area (Å²) in [7, 11) is 0. The zero-order valence-electron chi connectivity index (χ0n) is 14.6. The fraction of sp³-hybridized carbons (Fsp3) is 0.263. The van der Waals surface area contributed by atoms with Crippen LogP contribution in [0.15, 0.2) is 48.5 Å². The number of aryl methyl sites for hydroxylation is 1. The zero-order valence-corrected chi connectivity index (χ0v) is 15.4. The van der Waals surface area contributed by atoms with Gasteiger partial charge in [0.1, 0.15) is 0 Å². The van der Waals surface area contributed by atoms with Crippen molar-refractivity contribution in [3.05, 3.63) is 65.2 Å². The van der Waals surface area contributed by atoms with Crippen LogP contribution in [0, 0.1) is 6.92 Å². The Bertz CT molecular complexity index is 775. The predicted octanol–water partition coefficient (Wildman–Crippen LogP) is 4.00. The maximum absolute atomic E-state index is 12.5. The molecule has 0 saturated heterocycles. The van der Waals surface area contributed by atoms with Crippen molar-refractivity contribution in [3.8, 4) is 0 Å². The first-order valence-electron chi connectivity index (χ1n) is 8.11. The summed E-state index contributed by atoms with van der Waals surface area (Å²) < 4.78 is 37.5. The summed E-state index contributed by atoms with van der Waals surface area (Å²) in [6.45, 7) is 2.08. The number of anilines is 1. The van der Waals surface area contributed by atoms with Crippen molar-refractivity contribution in [2.75, 3.05) is 16.8 Å². The zero-order chi connectivity index (χ0) is 19.9. The van der Waals surface area contributed by atoms with Crippen molar-refractivity contribution in [3.63, 3.8) is 0 Å². The molecule has 2 aromatic carbocycles. The first kappa shape index (κ1) is 20.8. The third kappa shape index (κ3) is 7.34. The smallest absolute Gasteiger partial charge is 0.351 e. The molecule has 2 rings (SSSR count). The summed E-state index contributed by atoms with van der Waals surface area (Å²) in [4.78, 5) is 23.6. The molecule has 8 heteroatoms. The van der Waals surface area contributed by atoms with Crippen LogP contribution in [0.5, 0.6) is 0 Å². The van der Waals surface area contributed by atoms with Crippen LogP contribution in [-0.4, -0.2) is 23.3 Å².